The van der Waals surface area contributed by atoms with E-state index in [0.717, 1.165) is 81.0 Å². The number of hydrogen-bond donors (Lipinski definition) is 0. The Morgan fingerprint density at radius 1 is 1.18 bits per heavy atom. The van der Waals surface area contributed by atoms with Crippen LogP contribution in [0.3, 0.4) is 0 Å². The summed E-state index contributed by atoms with van der Waals surface area (Å²) in [6.45, 7) is 8.93. The molecule has 2 aromatic heterocycles. The lowest BCUT2D eigenvalue weighted by Gasteiger charge is -2.42. The van der Waals surface area contributed by atoms with E-state index in [1.165, 1.54) is 5.69 Å². The van der Waals surface area contributed by atoms with Crippen LogP contribution in [-0.4, -0.2) is 59.1 Å². The van der Waals surface area contributed by atoms with Crippen LogP contribution >= 0.6 is 11.3 Å². The van der Waals surface area contributed by atoms with E-state index in [0.29, 0.717) is 11.8 Å². The van der Waals surface area contributed by atoms with E-state index in [-0.39, 0.29) is 5.56 Å². The largest absolute Gasteiger partial charge is 0.380 e. The van der Waals surface area contributed by atoms with Gasteiger partial charge in [0.1, 0.15) is 5.01 Å². The molecule has 2 bridgehead atoms. The number of aryl methyl sites for hydroxylation is 1. The first-order chi connectivity index (χ1) is 13.7. The van der Waals surface area contributed by atoms with Crippen molar-refractivity contribution in [2.24, 2.45) is 5.92 Å². The molecular formula is C20H27N5O2S. The Morgan fingerprint density at radius 2 is 2.11 bits per heavy atom. The average Bonchev–Trinajstić information content (AvgIpc) is 2.96. The number of piperidine rings is 1. The zero-order chi connectivity index (χ0) is 19.1. The van der Waals surface area contributed by atoms with E-state index in [4.69, 9.17) is 4.74 Å². The summed E-state index contributed by atoms with van der Waals surface area (Å²) in [5.41, 5.74) is 2.31. The fraction of sp³-hybridized carbons (Fsp3) is 0.650. The molecule has 7 nitrogen and oxygen atoms in total. The molecular weight excluding hydrogens is 374 g/mol. The number of fused-ring (bicyclic) bond motifs is 4. The van der Waals surface area contributed by atoms with Gasteiger partial charge in [-0.2, -0.15) is 0 Å². The number of pyridine rings is 1. The second-order valence-electron chi connectivity index (χ2n) is 8.25. The quantitative estimate of drug-likeness (QED) is 0.782. The van der Waals surface area contributed by atoms with E-state index in [1.54, 1.807) is 11.3 Å². The lowest BCUT2D eigenvalue weighted by molar-refractivity contribution is 0.140. The number of hydrogen-bond acceptors (Lipinski definition) is 7. The molecule has 28 heavy (non-hydrogen) atoms. The van der Waals surface area contributed by atoms with Crippen molar-refractivity contribution in [2.45, 2.75) is 38.8 Å². The minimum atomic E-state index is 0.206. The van der Waals surface area contributed by atoms with Gasteiger partial charge in [0, 0.05) is 63.1 Å². The first-order valence-electron chi connectivity index (χ1n) is 10.2. The molecule has 2 fully saturated rings. The third kappa shape index (κ3) is 3.49. The first-order valence-corrected chi connectivity index (χ1v) is 11.1. The summed E-state index contributed by atoms with van der Waals surface area (Å²) in [6, 6.07) is 4.26. The van der Waals surface area contributed by atoms with Crippen LogP contribution in [0.4, 0.5) is 5.13 Å². The third-order valence-corrected chi connectivity index (χ3v) is 7.08. The first kappa shape index (κ1) is 18.3. The molecule has 2 aromatic rings. The normalized spacial score (nSPS) is 25.4. The molecule has 0 aliphatic carbocycles. The second kappa shape index (κ2) is 7.57. The maximum atomic E-state index is 13.2. The number of anilines is 1. The molecule has 3 aliphatic rings. The predicted molar refractivity (Wildman–Crippen MR) is 109 cm³/mol. The molecule has 8 heteroatoms. The molecule has 0 aromatic carbocycles. The van der Waals surface area contributed by atoms with Crippen molar-refractivity contribution in [2.75, 3.05) is 44.3 Å². The zero-order valence-corrected chi connectivity index (χ0v) is 17.2. The fourth-order valence-electron chi connectivity index (χ4n) is 4.88. The van der Waals surface area contributed by atoms with E-state index >= 15 is 0 Å². The van der Waals surface area contributed by atoms with Crippen LogP contribution < -0.4 is 10.5 Å². The Balaban J connectivity index is 1.38. The molecule has 2 saturated heterocycles. The number of rotatable bonds is 3. The maximum Gasteiger partial charge on any atom is 0.255 e. The number of nitrogens with zero attached hydrogens (tertiary/aromatic N) is 5. The highest BCUT2D eigenvalue weighted by atomic mass is 32.1. The minimum absolute atomic E-state index is 0.206. The van der Waals surface area contributed by atoms with Crippen molar-refractivity contribution in [3.8, 4) is 0 Å². The van der Waals surface area contributed by atoms with Gasteiger partial charge < -0.3 is 14.2 Å². The summed E-state index contributed by atoms with van der Waals surface area (Å²) in [6.07, 6.45) is 2.20. The van der Waals surface area contributed by atoms with Gasteiger partial charge in [-0.25, -0.2) is 0 Å². The summed E-state index contributed by atoms with van der Waals surface area (Å²) in [7, 11) is 0. The number of ether oxygens (including phenoxy) is 1. The van der Waals surface area contributed by atoms with Crippen LogP contribution in [0, 0.1) is 12.8 Å². The molecule has 3 aliphatic heterocycles. The summed E-state index contributed by atoms with van der Waals surface area (Å²) < 4.78 is 7.60. The van der Waals surface area contributed by atoms with E-state index in [2.05, 4.69) is 36.7 Å². The molecule has 0 amide bonds. The van der Waals surface area contributed by atoms with Crippen LogP contribution in [0.25, 0.3) is 0 Å². The van der Waals surface area contributed by atoms with Crippen molar-refractivity contribution >= 4 is 16.5 Å². The standard InChI is InChI=1S/C20H27N5O2S/c1-14-21-22-20(28-14)24-10-15-9-17(13-24)18-4-3-16(19(26)25(18)11-15)12-23-5-2-7-27-8-6-23/h3-4,15,17H,2,5-13H2,1H3/t15-,17+/m0/s1. The van der Waals surface area contributed by atoms with Crippen molar-refractivity contribution in [1.82, 2.24) is 19.7 Å². The van der Waals surface area contributed by atoms with Gasteiger partial charge in [0.2, 0.25) is 5.13 Å². The van der Waals surface area contributed by atoms with E-state index in [9.17, 15) is 4.79 Å². The molecule has 5 heterocycles. The summed E-state index contributed by atoms with van der Waals surface area (Å²) in [5, 5.41) is 10.5. The van der Waals surface area contributed by atoms with Crippen molar-refractivity contribution in [1.29, 1.82) is 0 Å². The Labute approximate surface area is 168 Å². The molecule has 0 saturated carbocycles. The highest BCUT2D eigenvalue weighted by molar-refractivity contribution is 7.15. The Kier molecular flexibility index (Phi) is 4.94. The molecule has 0 unspecified atom stereocenters. The van der Waals surface area contributed by atoms with Gasteiger partial charge in [-0.15, -0.1) is 10.2 Å². The molecule has 5 rings (SSSR count). The van der Waals surface area contributed by atoms with Crippen molar-refractivity contribution in [3.05, 3.63) is 38.8 Å². The molecule has 2 atom stereocenters. The third-order valence-electron chi connectivity index (χ3n) is 6.18. The van der Waals surface area contributed by atoms with Crippen LogP contribution in [0.15, 0.2) is 16.9 Å². The predicted octanol–water partition coefficient (Wildman–Crippen LogP) is 1.85. The fourth-order valence-corrected chi connectivity index (χ4v) is 5.58. The second-order valence-corrected chi connectivity index (χ2v) is 9.41. The van der Waals surface area contributed by atoms with Crippen LogP contribution in [0.2, 0.25) is 0 Å². The monoisotopic (exact) mass is 401 g/mol. The number of aromatic nitrogens is 3. The van der Waals surface area contributed by atoms with Gasteiger partial charge in [-0.3, -0.25) is 9.69 Å². The van der Waals surface area contributed by atoms with Gasteiger partial charge in [0.05, 0.1) is 6.61 Å². The average molecular weight is 402 g/mol. The highest BCUT2D eigenvalue weighted by Crippen LogP contribution is 2.37. The van der Waals surface area contributed by atoms with E-state index in [1.807, 2.05) is 6.92 Å². The smallest absolute Gasteiger partial charge is 0.255 e. The van der Waals surface area contributed by atoms with E-state index < -0.39 is 0 Å². The van der Waals surface area contributed by atoms with Gasteiger partial charge in [-0.1, -0.05) is 17.4 Å². The maximum absolute atomic E-state index is 13.2. The zero-order valence-electron chi connectivity index (χ0n) is 16.3. The molecule has 0 N–H and O–H groups in total. The Morgan fingerprint density at radius 3 is 2.96 bits per heavy atom. The SMILES string of the molecule is Cc1nnc(N2C[C@@H]3C[C@H](C2)c2ccc(CN4CCCOCC4)c(=O)n2C3)s1. The lowest BCUT2D eigenvalue weighted by atomic mass is 9.83. The lowest BCUT2D eigenvalue weighted by Crippen LogP contribution is -2.47. The van der Waals surface area contributed by atoms with Crippen LogP contribution in [0.1, 0.15) is 35.0 Å². The minimum Gasteiger partial charge on any atom is -0.380 e. The Hall–Kier alpha value is -1.77. The summed E-state index contributed by atoms with van der Waals surface area (Å²) >= 11 is 1.66. The van der Waals surface area contributed by atoms with Crippen molar-refractivity contribution < 1.29 is 4.74 Å². The molecule has 150 valence electrons. The topological polar surface area (TPSA) is 63.5 Å². The van der Waals surface area contributed by atoms with Gasteiger partial charge in [-0.05, 0) is 31.7 Å². The van der Waals surface area contributed by atoms with Crippen LogP contribution in [-0.2, 0) is 17.8 Å². The Bertz CT molecular complexity index is 902. The van der Waals surface area contributed by atoms with Gasteiger partial charge in [0.25, 0.3) is 5.56 Å². The summed E-state index contributed by atoms with van der Waals surface area (Å²) in [5.74, 6) is 0.889. The van der Waals surface area contributed by atoms with Crippen molar-refractivity contribution in [3.63, 3.8) is 0 Å². The van der Waals surface area contributed by atoms with Gasteiger partial charge >= 0.3 is 0 Å². The highest BCUT2D eigenvalue weighted by Gasteiger charge is 2.36. The summed E-state index contributed by atoms with van der Waals surface area (Å²) in [4.78, 5) is 17.9. The molecule has 0 radical (unpaired) electrons. The molecule has 0 spiro atoms. The van der Waals surface area contributed by atoms with Gasteiger partial charge in [0.15, 0.2) is 0 Å². The van der Waals surface area contributed by atoms with Crippen LogP contribution in [0.5, 0.6) is 0 Å².